The van der Waals surface area contributed by atoms with Crippen molar-refractivity contribution in [2.75, 3.05) is 6.61 Å². The van der Waals surface area contributed by atoms with Crippen LogP contribution in [-0.4, -0.2) is 12.5 Å². The second-order valence-electron chi connectivity index (χ2n) is 5.43. The summed E-state index contributed by atoms with van der Waals surface area (Å²) in [4.78, 5) is 4.18. The van der Waals surface area contributed by atoms with Gasteiger partial charge in [-0.3, -0.25) is 4.52 Å². The normalized spacial score (nSPS) is 22.0. The van der Waals surface area contributed by atoms with Gasteiger partial charge in [0.2, 0.25) is 5.90 Å². The molecule has 20 heavy (non-hydrogen) atoms. The molecule has 110 valence electrons. The van der Waals surface area contributed by atoms with Gasteiger partial charge in [0.05, 0.1) is 6.61 Å². The summed E-state index contributed by atoms with van der Waals surface area (Å²) >= 11 is 3.18. The first kappa shape index (κ1) is 15.7. The van der Waals surface area contributed by atoms with Crippen LogP contribution in [0.2, 0.25) is 0 Å². The number of halogens is 2. The molecule has 2 rings (SSSR count). The fraction of sp³-hybridized carbons (Fsp3) is 0.462. The van der Waals surface area contributed by atoms with E-state index >= 15 is 0 Å². The first-order chi connectivity index (χ1) is 9.17. The molecule has 0 amide bonds. The average molecular weight is 364 g/mol. The van der Waals surface area contributed by atoms with Crippen molar-refractivity contribution in [1.29, 1.82) is 0 Å². The van der Waals surface area contributed by atoms with E-state index in [2.05, 4.69) is 20.9 Å². The molecule has 0 aromatic heterocycles. The second-order valence-corrected chi connectivity index (χ2v) is 8.26. The van der Waals surface area contributed by atoms with Gasteiger partial charge in [0.25, 0.3) is 0 Å². The van der Waals surface area contributed by atoms with Crippen molar-refractivity contribution in [2.45, 2.75) is 27.7 Å². The van der Waals surface area contributed by atoms with Crippen LogP contribution in [0.15, 0.2) is 21.6 Å². The van der Waals surface area contributed by atoms with E-state index in [4.69, 9.17) is 9.05 Å². The third kappa shape index (κ3) is 2.83. The number of fused-ring (bicyclic) bond motifs is 1. The van der Waals surface area contributed by atoms with E-state index in [1.807, 2.05) is 20.8 Å². The van der Waals surface area contributed by atoms with Crippen LogP contribution in [0.1, 0.15) is 27.7 Å². The molecule has 0 radical (unpaired) electrons. The number of aliphatic imine (C=N–C) groups is 1. The molecule has 0 bridgehead atoms. The quantitative estimate of drug-likeness (QED) is 0.724. The summed E-state index contributed by atoms with van der Waals surface area (Å²) in [6, 6.07) is 2.81. The molecule has 7 heteroatoms. The largest absolute Gasteiger partial charge is 0.414 e. The fourth-order valence-electron chi connectivity index (χ4n) is 1.73. The first-order valence-electron chi connectivity index (χ1n) is 6.20. The zero-order valence-corrected chi connectivity index (χ0v) is 14.2. The average Bonchev–Trinajstić information content (AvgIpc) is 2.29. The highest BCUT2D eigenvalue weighted by atomic mass is 79.9. The Bertz CT molecular complexity index is 625. The Kier molecular flexibility index (Phi) is 4.11. The Labute approximate surface area is 126 Å². The minimum atomic E-state index is -3.61. The molecule has 0 saturated carbocycles. The van der Waals surface area contributed by atoms with Gasteiger partial charge in [-0.2, -0.15) is 0 Å². The van der Waals surface area contributed by atoms with Crippen LogP contribution >= 0.6 is 23.5 Å². The van der Waals surface area contributed by atoms with Gasteiger partial charge < -0.3 is 4.52 Å². The van der Waals surface area contributed by atoms with Crippen LogP contribution in [0.25, 0.3) is 0 Å². The summed E-state index contributed by atoms with van der Waals surface area (Å²) in [6.07, 6.45) is 0. The standard InChI is InChI=1S/C13H16BrFNO3P/c1-5-18-20(17)10-7-8(14)6-9(15)11(10)16-12(19-20)13(2,3)4/h6-7H,5H2,1-4H3. The molecule has 0 fully saturated rings. The van der Waals surface area contributed by atoms with Crippen LogP contribution in [-0.2, 0) is 13.6 Å². The topological polar surface area (TPSA) is 47.9 Å². The fourth-order valence-corrected chi connectivity index (χ4v) is 4.22. The maximum atomic E-state index is 14.1. The summed E-state index contributed by atoms with van der Waals surface area (Å²) in [5, 5.41) is 0.152. The predicted molar refractivity (Wildman–Crippen MR) is 80.6 cm³/mol. The third-order valence-electron chi connectivity index (χ3n) is 2.66. The zero-order chi connectivity index (χ0) is 15.1. The zero-order valence-electron chi connectivity index (χ0n) is 11.7. The van der Waals surface area contributed by atoms with E-state index in [1.54, 1.807) is 6.92 Å². The van der Waals surface area contributed by atoms with Gasteiger partial charge in [-0.05, 0) is 19.1 Å². The van der Waals surface area contributed by atoms with E-state index in [0.717, 1.165) is 0 Å². The molecule has 1 heterocycles. The van der Waals surface area contributed by atoms with E-state index < -0.39 is 18.8 Å². The van der Waals surface area contributed by atoms with E-state index in [-0.39, 0.29) is 23.5 Å². The molecule has 0 N–H and O–H groups in total. The lowest BCUT2D eigenvalue weighted by atomic mass is 9.97. The Morgan fingerprint density at radius 1 is 1.45 bits per heavy atom. The van der Waals surface area contributed by atoms with Crippen LogP contribution < -0.4 is 5.30 Å². The highest BCUT2D eigenvalue weighted by molar-refractivity contribution is 9.10. The van der Waals surface area contributed by atoms with Crippen molar-refractivity contribution in [3.8, 4) is 0 Å². The molecule has 4 nitrogen and oxygen atoms in total. The molecule has 1 aliphatic heterocycles. The first-order valence-corrected chi connectivity index (χ1v) is 8.54. The van der Waals surface area contributed by atoms with E-state index in [1.165, 1.54) is 12.1 Å². The van der Waals surface area contributed by atoms with Crippen molar-refractivity contribution in [3.63, 3.8) is 0 Å². The number of nitrogens with zero attached hydrogens (tertiary/aromatic N) is 1. The summed E-state index contributed by atoms with van der Waals surface area (Å²) in [6.45, 7) is 7.46. The summed E-state index contributed by atoms with van der Waals surface area (Å²) < 4.78 is 38.3. The van der Waals surface area contributed by atoms with Gasteiger partial charge in [0.15, 0.2) is 5.82 Å². The van der Waals surface area contributed by atoms with Crippen molar-refractivity contribution in [1.82, 2.24) is 0 Å². The summed E-state index contributed by atoms with van der Waals surface area (Å²) in [5.41, 5.74) is -0.467. The highest BCUT2D eigenvalue weighted by Gasteiger charge is 2.41. The molecule has 0 aliphatic carbocycles. The van der Waals surface area contributed by atoms with Crippen LogP contribution in [0.4, 0.5) is 10.1 Å². The van der Waals surface area contributed by atoms with E-state index in [0.29, 0.717) is 4.47 Å². The molecule has 1 aliphatic rings. The number of hydrogen-bond donors (Lipinski definition) is 0. The Hall–Kier alpha value is -0.710. The molecule has 1 aromatic carbocycles. The lowest BCUT2D eigenvalue weighted by Crippen LogP contribution is -2.29. The maximum absolute atomic E-state index is 14.1. The van der Waals surface area contributed by atoms with Crippen LogP contribution in [0.3, 0.4) is 0 Å². The van der Waals surface area contributed by atoms with Crippen LogP contribution in [0.5, 0.6) is 0 Å². The van der Waals surface area contributed by atoms with Crippen molar-refractivity contribution >= 4 is 40.4 Å². The summed E-state index contributed by atoms with van der Waals surface area (Å²) in [5.74, 6) is -0.345. The Balaban J connectivity index is 2.70. The van der Waals surface area contributed by atoms with Gasteiger partial charge in [0.1, 0.15) is 11.0 Å². The SMILES string of the molecule is CCOP1(=O)OC(C(C)(C)C)=Nc2c(F)cc(Br)cc21. The van der Waals surface area contributed by atoms with Crippen molar-refractivity contribution in [2.24, 2.45) is 10.4 Å². The lowest BCUT2D eigenvalue weighted by Gasteiger charge is -2.30. The number of benzene rings is 1. The third-order valence-corrected chi connectivity index (χ3v) is 5.06. The molecular weight excluding hydrogens is 348 g/mol. The monoisotopic (exact) mass is 363 g/mol. The molecule has 0 saturated heterocycles. The molecular formula is C13H16BrFNO3P. The summed E-state index contributed by atoms with van der Waals surface area (Å²) in [7, 11) is -3.61. The molecule has 0 spiro atoms. The van der Waals surface area contributed by atoms with Crippen LogP contribution in [0, 0.1) is 11.2 Å². The van der Waals surface area contributed by atoms with E-state index in [9.17, 15) is 8.96 Å². The smallest absolute Gasteiger partial charge is 0.406 e. The minimum absolute atomic E-state index is 0.0289. The maximum Gasteiger partial charge on any atom is 0.414 e. The predicted octanol–water partition coefficient (Wildman–Crippen LogP) is 4.55. The van der Waals surface area contributed by atoms with Gasteiger partial charge >= 0.3 is 7.60 Å². The Morgan fingerprint density at radius 2 is 2.10 bits per heavy atom. The second kappa shape index (κ2) is 5.24. The van der Waals surface area contributed by atoms with Gasteiger partial charge in [-0.25, -0.2) is 13.9 Å². The minimum Gasteiger partial charge on any atom is -0.406 e. The highest BCUT2D eigenvalue weighted by Crippen LogP contribution is 2.54. The van der Waals surface area contributed by atoms with Crippen molar-refractivity contribution in [3.05, 3.63) is 22.4 Å². The Morgan fingerprint density at radius 3 is 2.65 bits per heavy atom. The molecule has 1 atom stereocenters. The van der Waals surface area contributed by atoms with Crippen molar-refractivity contribution < 1.29 is 18.0 Å². The lowest BCUT2D eigenvalue weighted by molar-refractivity contribution is 0.274. The van der Waals surface area contributed by atoms with Gasteiger partial charge in [0, 0.05) is 9.89 Å². The van der Waals surface area contributed by atoms with Gasteiger partial charge in [-0.15, -0.1) is 0 Å². The van der Waals surface area contributed by atoms with Gasteiger partial charge in [-0.1, -0.05) is 36.7 Å². The molecule has 1 unspecified atom stereocenters. The number of rotatable bonds is 2. The molecule has 1 aromatic rings. The number of hydrogen-bond acceptors (Lipinski definition) is 4.